The largest absolute Gasteiger partial charge is 0.416 e. The van der Waals surface area contributed by atoms with E-state index in [2.05, 4.69) is 15.2 Å². The van der Waals surface area contributed by atoms with Crippen LogP contribution in [-0.2, 0) is 10.9 Å². The number of morpholine rings is 1. The van der Waals surface area contributed by atoms with E-state index in [0.29, 0.717) is 21.9 Å². The van der Waals surface area contributed by atoms with E-state index in [4.69, 9.17) is 4.74 Å². The highest BCUT2D eigenvalue weighted by atomic mass is 32.1. The number of alkyl halides is 3. The molecule has 22 heavy (non-hydrogen) atoms. The van der Waals surface area contributed by atoms with E-state index in [-0.39, 0.29) is 0 Å². The highest BCUT2D eigenvalue weighted by Crippen LogP contribution is 2.34. The van der Waals surface area contributed by atoms with Gasteiger partial charge in [0.2, 0.25) is 0 Å². The number of hydrogen-bond donors (Lipinski definition) is 1. The zero-order valence-corrected chi connectivity index (χ0v) is 12.6. The molecular weight excluding hydrogens is 315 g/mol. The summed E-state index contributed by atoms with van der Waals surface area (Å²) in [5.41, 5.74) is -0.0459. The van der Waals surface area contributed by atoms with Crippen molar-refractivity contribution >= 4 is 26.7 Å². The molecule has 0 saturated carbocycles. The lowest BCUT2D eigenvalue weighted by molar-refractivity contribution is -0.137. The molecule has 0 amide bonds. The number of rotatable bonds is 4. The molecule has 4 nitrogen and oxygen atoms in total. The van der Waals surface area contributed by atoms with Crippen LogP contribution in [-0.4, -0.2) is 49.3 Å². The molecule has 120 valence electrons. The van der Waals surface area contributed by atoms with Gasteiger partial charge in [0.1, 0.15) is 0 Å². The average Bonchev–Trinajstić information content (AvgIpc) is 2.89. The minimum absolute atomic E-state index is 0.545. The molecule has 1 N–H and O–H groups in total. The zero-order valence-electron chi connectivity index (χ0n) is 11.8. The maximum Gasteiger partial charge on any atom is 0.416 e. The smallest absolute Gasteiger partial charge is 0.379 e. The van der Waals surface area contributed by atoms with Crippen LogP contribution in [0.3, 0.4) is 0 Å². The first-order valence-corrected chi connectivity index (χ1v) is 7.86. The number of thiazole rings is 1. The first kappa shape index (κ1) is 15.5. The van der Waals surface area contributed by atoms with Crippen LogP contribution in [0, 0.1) is 0 Å². The van der Waals surface area contributed by atoms with Crippen LogP contribution >= 0.6 is 11.3 Å². The minimum atomic E-state index is -4.32. The van der Waals surface area contributed by atoms with Gasteiger partial charge in [-0.3, -0.25) is 4.90 Å². The Bertz CT molecular complexity index is 638. The van der Waals surface area contributed by atoms with Gasteiger partial charge in [-0.2, -0.15) is 13.2 Å². The van der Waals surface area contributed by atoms with Crippen molar-refractivity contribution in [3.05, 3.63) is 23.8 Å². The van der Waals surface area contributed by atoms with Gasteiger partial charge in [-0.05, 0) is 18.2 Å². The fourth-order valence-corrected chi connectivity index (χ4v) is 3.25. The molecule has 0 aliphatic carbocycles. The third-order valence-electron chi connectivity index (χ3n) is 3.52. The summed E-state index contributed by atoms with van der Waals surface area (Å²) >= 11 is 1.25. The van der Waals surface area contributed by atoms with Crippen molar-refractivity contribution in [3.8, 4) is 0 Å². The normalized spacial score (nSPS) is 17.0. The monoisotopic (exact) mass is 331 g/mol. The number of halogens is 3. The SMILES string of the molecule is FC(F)(F)c1ccc2nc(NCCN3CCOCC3)sc2c1. The molecule has 3 rings (SSSR count). The third kappa shape index (κ3) is 3.68. The van der Waals surface area contributed by atoms with Gasteiger partial charge in [0, 0.05) is 26.2 Å². The van der Waals surface area contributed by atoms with Gasteiger partial charge in [0.15, 0.2) is 5.13 Å². The maximum absolute atomic E-state index is 12.7. The summed E-state index contributed by atoms with van der Waals surface area (Å²) in [6.45, 7) is 4.91. The van der Waals surface area contributed by atoms with Crippen molar-refractivity contribution in [1.29, 1.82) is 0 Å². The number of nitrogens with one attached hydrogen (secondary N) is 1. The summed E-state index contributed by atoms with van der Waals surface area (Å²) in [5, 5.41) is 3.84. The standard InChI is InChI=1S/C14H16F3N3OS/c15-14(16,17)10-1-2-11-12(9-10)22-13(19-11)18-3-4-20-5-7-21-8-6-20/h1-2,9H,3-8H2,(H,18,19). The Hall–Kier alpha value is -1.38. The van der Waals surface area contributed by atoms with Crippen molar-refractivity contribution in [3.63, 3.8) is 0 Å². The summed E-state index contributed by atoms with van der Waals surface area (Å²) in [6, 6.07) is 3.64. The minimum Gasteiger partial charge on any atom is -0.379 e. The Morgan fingerprint density at radius 1 is 1.27 bits per heavy atom. The van der Waals surface area contributed by atoms with Crippen LogP contribution in [0.4, 0.5) is 18.3 Å². The summed E-state index contributed by atoms with van der Waals surface area (Å²) < 4.78 is 43.9. The lowest BCUT2D eigenvalue weighted by Crippen LogP contribution is -2.38. The fourth-order valence-electron chi connectivity index (χ4n) is 2.32. The second-order valence-electron chi connectivity index (χ2n) is 5.08. The molecular formula is C14H16F3N3OS. The van der Waals surface area contributed by atoms with Crippen LogP contribution in [0.25, 0.3) is 10.2 Å². The number of hydrogen-bond acceptors (Lipinski definition) is 5. The van der Waals surface area contributed by atoms with Crippen LogP contribution in [0.15, 0.2) is 18.2 Å². The van der Waals surface area contributed by atoms with E-state index in [9.17, 15) is 13.2 Å². The number of fused-ring (bicyclic) bond motifs is 1. The molecule has 1 aromatic carbocycles. The Morgan fingerprint density at radius 3 is 2.77 bits per heavy atom. The van der Waals surface area contributed by atoms with Crippen molar-refractivity contribution in [2.24, 2.45) is 0 Å². The molecule has 0 radical (unpaired) electrons. The summed E-state index contributed by atoms with van der Waals surface area (Å²) in [6.07, 6.45) is -4.32. The molecule has 2 heterocycles. The average molecular weight is 331 g/mol. The summed E-state index contributed by atoms with van der Waals surface area (Å²) in [7, 11) is 0. The number of aromatic nitrogens is 1. The zero-order chi connectivity index (χ0) is 15.6. The van der Waals surface area contributed by atoms with Crippen molar-refractivity contribution in [2.45, 2.75) is 6.18 Å². The van der Waals surface area contributed by atoms with Crippen LogP contribution in [0.1, 0.15) is 5.56 Å². The quantitative estimate of drug-likeness (QED) is 0.934. The third-order valence-corrected chi connectivity index (χ3v) is 4.50. The summed E-state index contributed by atoms with van der Waals surface area (Å²) in [5.74, 6) is 0. The van der Waals surface area contributed by atoms with E-state index < -0.39 is 11.7 Å². The summed E-state index contributed by atoms with van der Waals surface area (Å²) in [4.78, 5) is 6.60. The lowest BCUT2D eigenvalue weighted by Gasteiger charge is -2.26. The molecule has 1 aliphatic rings. The molecule has 2 aromatic rings. The van der Waals surface area contributed by atoms with E-state index in [1.807, 2.05) is 0 Å². The van der Waals surface area contributed by atoms with Crippen molar-refractivity contribution in [1.82, 2.24) is 9.88 Å². The second kappa shape index (κ2) is 6.39. The molecule has 0 atom stereocenters. The van der Waals surface area contributed by atoms with E-state index in [1.54, 1.807) is 0 Å². The molecule has 1 aliphatic heterocycles. The van der Waals surface area contributed by atoms with Crippen molar-refractivity contribution < 1.29 is 17.9 Å². The van der Waals surface area contributed by atoms with Crippen LogP contribution in [0.5, 0.6) is 0 Å². The van der Waals surface area contributed by atoms with Gasteiger partial charge < -0.3 is 10.1 Å². The Morgan fingerprint density at radius 2 is 2.05 bits per heavy atom. The van der Waals surface area contributed by atoms with Crippen LogP contribution < -0.4 is 5.32 Å². The van der Waals surface area contributed by atoms with Gasteiger partial charge in [-0.1, -0.05) is 11.3 Å². The predicted octanol–water partition coefficient (Wildman–Crippen LogP) is 3.06. The Labute approximate surface area is 129 Å². The van der Waals surface area contributed by atoms with E-state index in [1.165, 1.54) is 17.4 Å². The molecule has 1 aromatic heterocycles. The topological polar surface area (TPSA) is 37.4 Å². The van der Waals surface area contributed by atoms with E-state index >= 15 is 0 Å². The predicted molar refractivity (Wildman–Crippen MR) is 80.4 cm³/mol. The highest BCUT2D eigenvalue weighted by molar-refractivity contribution is 7.22. The van der Waals surface area contributed by atoms with Crippen molar-refractivity contribution in [2.75, 3.05) is 44.7 Å². The van der Waals surface area contributed by atoms with Gasteiger partial charge in [0.05, 0.1) is 29.0 Å². The second-order valence-corrected chi connectivity index (χ2v) is 6.11. The van der Waals surface area contributed by atoms with Crippen LogP contribution in [0.2, 0.25) is 0 Å². The molecule has 1 fully saturated rings. The van der Waals surface area contributed by atoms with Gasteiger partial charge in [0.25, 0.3) is 0 Å². The first-order valence-electron chi connectivity index (χ1n) is 7.04. The molecule has 1 saturated heterocycles. The number of ether oxygens (including phenoxy) is 1. The highest BCUT2D eigenvalue weighted by Gasteiger charge is 2.30. The maximum atomic E-state index is 12.7. The number of nitrogens with zero attached hydrogens (tertiary/aromatic N) is 2. The lowest BCUT2D eigenvalue weighted by atomic mass is 10.2. The molecule has 0 spiro atoms. The van der Waals surface area contributed by atoms with Gasteiger partial charge >= 0.3 is 6.18 Å². The number of benzene rings is 1. The number of anilines is 1. The fraction of sp³-hybridized carbons (Fsp3) is 0.500. The molecule has 0 bridgehead atoms. The van der Waals surface area contributed by atoms with E-state index in [0.717, 1.165) is 45.0 Å². The Kier molecular flexibility index (Phi) is 4.51. The van der Waals surface area contributed by atoms with Gasteiger partial charge in [-0.15, -0.1) is 0 Å². The first-order chi connectivity index (χ1) is 10.5. The Balaban J connectivity index is 1.62. The molecule has 8 heteroatoms. The van der Waals surface area contributed by atoms with Gasteiger partial charge in [-0.25, -0.2) is 4.98 Å². The molecule has 0 unspecified atom stereocenters.